The first-order valence-corrected chi connectivity index (χ1v) is 21.7. The lowest BCUT2D eigenvalue weighted by atomic mass is 9.94. The molecule has 0 aliphatic rings. The average Bonchev–Trinajstić information content (AvgIpc) is 3.37. The number of benzene rings is 11. The fourth-order valence-corrected chi connectivity index (χ4v) is 9.85. The van der Waals surface area contributed by atoms with Crippen LogP contribution in [0.1, 0.15) is 0 Å². The molecule has 4 nitrogen and oxygen atoms in total. The van der Waals surface area contributed by atoms with Gasteiger partial charge in [0.15, 0.2) is 17.5 Å². The zero-order chi connectivity index (χ0) is 42.1. The molecule has 64 heavy (non-hydrogen) atoms. The smallest absolute Gasteiger partial charge is 0.164 e. The van der Waals surface area contributed by atoms with Crippen LogP contribution in [-0.2, 0) is 0 Å². The molecule has 0 fully saturated rings. The van der Waals surface area contributed by atoms with E-state index in [1.807, 2.05) is 0 Å². The first kappa shape index (κ1) is 36.1. The van der Waals surface area contributed by atoms with Crippen molar-refractivity contribution >= 4 is 75.5 Å². The Morgan fingerprint density at radius 2 is 0.688 bits per heavy atom. The van der Waals surface area contributed by atoms with Crippen molar-refractivity contribution in [2.24, 2.45) is 0 Å². The van der Waals surface area contributed by atoms with E-state index in [2.05, 4.69) is 218 Å². The maximum atomic E-state index is 5.38. The summed E-state index contributed by atoms with van der Waals surface area (Å²) in [4.78, 5) is 21.4. The number of pyridine rings is 1. The van der Waals surface area contributed by atoms with Gasteiger partial charge in [-0.05, 0) is 95.3 Å². The Morgan fingerprint density at radius 3 is 1.31 bits per heavy atom. The molecule has 0 bridgehead atoms. The largest absolute Gasteiger partial charge is 0.247 e. The van der Waals surface area contributed by atoms with Gasteiger partial charge in [0.05, 0.1) is 11.2 Å². The summed E-state index contributed by atoms with van der Waals surface area (Å²) in [5.41, 5.74) is 7.99. The van der Waals surface area contributed by atoms with Crippen LogP contribution in [0.15, 0.2) is 218 Å². The Bertz CT molecular complexity index is 3890. The summed E-state index contributed by atoms with van der Waals surface area (Å²) in [7, 11) is 0. The van der Waals surface area contributed by atoms with E-state index in [1.54, 1.807) is 0 Å². The van der Waals surface area contributed by atoms with Crippen LogP contribution < -0.4 is 0 Å². The van der Waals surface area contributed by atoms with Crippen molar-refractivity contribution in [1.82, 2.24) is 19.9 Å². The molecule has 0 spiro atoms. The lowest BCUT2D eigenvalue weighted by Gasteiger charge is -2.15. The zero-order valence-electron chi connectivity index (χ0n) is 34.6. The molecule has 296 valence electrons. The Balaban J connectivity index is 1.01. The van der Waals surface area contributed by atoms with Gasteiger partial charge < -0.3 is 0 Å². The summed E-state index contributed by atoms with van der Waals surface area (Å²) < 4.78 is 0. The van der Waals surface area contributed by atoms with Gasteiger partial charge in [0, 0.05) is 38.4 Å². The van der Waals surface area contributed by atoms with Gasteiger partial charge in [-0.2, -0.15) is 0 Å². The van der Waals surface area contributed by atoms with Gasteiger partial charge in [0.25, 0.3) is 0 Å². The van der Waals surface area contributed by atoms with Crippen LogP contribution in [0.5, 0.6) is 0 Å². The molecule has 0 aliphatic heterocycles. The average molecular weight is 813 g/mol. The molecule has 0 amide bonds. The normalized spacial score (nSPS) is 11.8. The second kappa shape index (κ2) is 14.5. The molecule has 2 heterocycles. The highest BCUT2D eigenvalue weighted by atomic mass is 15.0. The van der Waals surface area contributed by atoms with Gasteiger partial charge in [-0.25, -0.2) is 19.9 Å². The molecular weight excluding hydrogens is 777 g/mol. The maximum absolute atomic E-state index is 5.38. The first-order chi connectivity index (χ1) is 31.7. The molecule has 0 unspecified atom stereocenters. The Morgan fingerprint density at radius 1 is 0.234 bits per heavy atom. The molecule has 0 radical (unpaired) electrons. The first-order valence-electron chi connectivity index (χ1n) is 21.7. The van der Waals surface area contributed by atoms with E-state index in [-0.39, 0.29) is 0 Å². The third-order valence-corrected chi connectivity index (χ3v) is 12.8. The second-order valence-electron chi connectivity index (χ2n) is 16.5. The third-order valence-electron chi connectivity index (χ3n) is 12.8. The van der Waals surface area contributed by atoms with Crippen LogP contribution in [0.25, 0.3) is 132 Å². The molecule has 13 aromatic rings. The number of hydrogen-bond donors (Lipinski definition) is 0. The van der Waals surface area contributed by atoms with Crippen LogP contribution >= 0.6 is 0 Å². The molecule has 13 rings (SSSR count). The monoisotopic (exact) mass is 812 g/mol. The molecule has 4 heteroatoms. The van der Waals surface area contributed by atoms with Gasteiger partial charge in [-0.3, -0.25) is 0 Å². The summed E-state index contributed by atoms with van der Waals surface area (Å²) in [6.45, 7) is 0. The molecule has 0 saturated heterocycles. The van der Waals surface area contributed by atoms with Gasteiger partial charge in [-0.15, -0.1) is 0 Å². The standard InChI is InChI=1S/C60H36N4/c1-6-24-46-37(15-1)31-32-52-56(46)51-29-11-12-30-55(51)61-57(52)42-20-13-18-38(33-42)39-19-14-21-43(34-39)58-62-59(53-35-40-16-2-4-22-44(40)47-25-7-9-27-49(47)53)64-60(63-58)54-36-41-17-3-5-23-45(41)48-26-8-10-28-50(48)54/h1-36H. The molecule has 2 aromatic heterocycles. The minimum absolute atomic E-state index is 0.613. The van der Waals surface area contributed by atoms with Crippen LogP contribution in [0.4, 0.5) is 0 Å². The van der Waals surface area contributed by atoms with Crippen molar-refractivity contribution in [3.05, 3.63) is 218 Å². The summed E-state index contributed by atoms with van der Waals surface area (Å²) in [5, 5.41) is 15.2. The highest BCUT2D eigenvalue weighted by Crippen LogP contribution is 2.40. The van der Waals surface area contributed by atoms with Crippen molar-refractivity contribution in [3.8, 4) is 56.5 Å². The predicted octanol–water partition coefficient (Wildman–Crippen LogP) is 15.7. The van der Waals surface area contributed by atoms with Crippen LogP contribution in [0.3, 0.4) is 0 Å². The van der Waals surface area contributed by atoms with Gasteiger partial charge >= 0.3 is 0 Å². The number of hydrogen-bond acceptors (Lipinski definition) is 4. The van der Waals surface area contributed by atoms with E-state index in [4.69, 9.17) is 19.9 Å². The minimum atomic E-state index is 0.613. The SMILES string of the molecule is c1cc(-c2cccc(-c3nc4ccccc4c4c3ccc3ccccc34)c2)cc(-c2nc(-c3cc4ccccc4c4ccccc34)nc(-c3cc4ccccc4c4ccccc34)n2)c1. The Hall–Kier alpha value is -8.60. The molecular formula is C60H36N4. The van der Waals surface area contributed by atoms with E-state index in [9.17, 15) is 0 Å². The van der Waals surface area contributed by atoms with Crippen LogP contribution in [-0.4, -0.2) is 19.9 Å². The summed E-state index contributed by atoms with van der Waals surface area (Å²) in [6, 6.07) is 77.6. The molecule has 0 aliphatic carbocycles. The number of para-hydroxylation sites is 1. The van der Waals surface area contributed by atoms with Gasteiger partial charge in [-0.1, -0.05) is 188 Å². The Kier molecular flexibility index (Phi) is 8.18. The van der Waals surface area contributed by atoms with Crippen molar-refractivity contribution in [1.29, 1.82) is 0 Å². The van der Waals surface area contributed by atoms with Crippen LogP contribution in [0, 0.1) is 0 Å². The summed E-state index contributed by atoms with van der Waals surface area (Å²) in [6.07, 6.45) is 0. The fourth-order valence-electron chi connectivity index (χ4n) is 9.85. The number of fused-ring (bicyclic) bond motifs is 11. The van der Waals surface area contributed by atoms with E-state index in [1.165, 1.54) is 37.7 Å². The lowest BCUT2D eigenvalue weighted by molar-refractivity contribution is 1.08. The number of rotatable bonds is 5. The second-order valence-corrected chi connectivity index (χ2v) is 16.5. The molecule has 0 saturated carbocycles. The highest BCUT2D eigenvalue weighted by molar-refractivity contribution is 6.22. The van der Waals surface area contributed by atoms with Crippen LogP contribution in [0.2, 0.25) is 0 Å². The summed E-state index contributed by atoms with van der Waals surface area (Å²) in [5.74, 6) is 1.88. The quantitative estimate of drug-likeness (QED) is 0.162. The third kappa shape index (κ3) is 5.84. The fraction of sp³-hybridized carbons (Fsp3) is 0. The Labute approximate surface area is 368 Å². The maximum Gasteiger partial charge on any atom is 0.164 e. The van der Waals surface area contributed by atoms with Gasteiger partial charge in [0.1, 0.15) is 0 Å². The highest BCUT2D eigenvalue weighted by Gasteiger charge is 2.19. The molecule has 0 N–H and O–H groups in total. The zero-order valence-corrected chi connectivity index (χ0v) is 34.6. The molecule has 0 atom stereocenters. The van der Waals surface area contributed by atoms with E-state index in [0.717, 1.165) is 76.9 Å². The summed E-state index contributed by atoms with van der Waals surface area (Å²) >= 11 is 0. The van der Waals surface area contributed by atoms with E-state index >= 15 is 0 Å². The number of nitrogens with zero attached hydrogens (tertiary/aromatic N) is 4. The van der Waals surface area contributed by atoms with Crippen molar-refractivity contribution in [3.63, 3.8) is 0 Å². The van der Waals surface area contributed by atoms with E-state index in [0.29, 0.717) is 17.5 Å². The van der Waals surface area contributed by atoms with Crippen molar-refractivity contribution < 1.29 is 0 Å². The molecule has 11 aromatic carbocycles. The van der Waals surface area contributed by atoms with E-state index < -0.39 is 0 Å². The van der Waals surface area contributed by atoms with Crippen molar-refractivity contribution in [2.75, 3.05) is 0 Å². The lowest BCUT2D eigenvalue weighted by Crippen LogP contribution is -2.01. The topological polar surface area (TPSA) is 51.6 Å². The van der Waals surface area contributed by atoms with Crippen molar-refractivity contribution in [2.45, 2.75) is 0 Å². The van der Waals surface area contributed by atoms with Gasteiger partial charge in [0.2, 0.25) is 0 Å². The minimum Gasteiger partial charge on any atom is -0.247 e. The predicted molar refractivity (Wildman–Crippen MR) is 267 cm³/mol. The number of aromatic nitrogens is 4.